The van der Waals surface area contributed by atoms with E-state index in [1.165, 1.54) is 11.1 Å². The first-order chi connectivity index (χ1) is 8.97. The van der Waals surface area contributed by atoms with Crippen LogP contribution in [0.2, 0.25) is 0 Å². The third-order valence-corrected chi connectivity index (χ3v) is 3.53. The maximum atomic E-state index is 10.6. The van der Waals surface area contributed by atoms with Gasteiger partial charge in [0, 0.05) is 6.42 Å². The van der Waals surface area contributed by atoms with Crippen LogP contribution in [0.4, 0.5) is 0 Å². The molecule has 3 heteroatoms. The molecule has 0 fully saturated rings. The number of benzene rings is 1. The smallest absolute Gasteiger partial charge is 0.303 e. The van der Waals surface area contributed by atoms with E-state index in [2.05, 4.69) is 26.0 Å². The van der Waals surface area contributed by atoms with Gasteiger partial charge in [0.2, 0.25) is 0 Å². The number of aliphatic hydroxyl groups excluding tert-OH is 1. The maximum absolute atomic E-state index is 10.6. The van der Waals surface area contributed by atoms with Crippen molar-refractivity contribution in [3.63, 3.8) is 0 Å². The van der Waals surface area contributed by atoms with E-state index in [1.54, 1.807) is 0 Å². The quantitative estimate of drug-likeness (QED) is 0.794. The number of aliphatic hydroxyl groups is 1. The van der Waals surface area contributed by atoms with Crippen LogP contribution in [-0.2, 0) is 17.6 Å². The van der Waals surface area contributed by atoms with Crippen molar-refractivity contribution in [3.8, 4) is 0 Å². The van der Waals surface area contributed by atoms with Gasteiger partial charge < -0.3 is 10.2 Å². The number of carboxylic acid groups (broad SMARTS) is 1. The highest BCUT2D eigenvalue weighted by atomic mass is 16.4. The molecular formula is C16H24O3. The van der Waals surface area contributed by atoms with E-state index < -0.39 is 12.1 Å². The SMILES string of the molecule is CCc1ccc(C(O)CC(C)CC(=O)O)cc1CC. The summed E-state index contributed by atoms with van der Waals surface area (Å²) in [6.07, 6.45) is 1.96. The largest absolute Gasteiger partial charge is 0.481 e. The molecule has 2 atom stereocenters. The molecule has 0 radical (unpaired) electrons. The standard InChI is InChI=1S/C16H24O3/c1-4-12-6-7-14(10-13(12)5-2)15(17)8-11(3)9-16(18)19/h6-7,10-11,15,17H,4-5,8-9H2,1-3H3,(H,18,19). The number of carbonyl (C=O) groups is 1. The van der Waals surface area contributed by atoms with E-state index in [-0.39, 0.29) is 12.3 Å². The van der Waals surface area contributed by atoms with Gasteiger partial charge in [0.25, 0.3) is 0 Å². The van der Waals surface area contributed by atoms with Crippen molar-refractivity contribution in [1.82, 2.24) is 0 Å². The number of aliphatic carboxylic acids is 1. The zero-order chi connectivity index (χ0) is 14.4. The van der Waals surface area contributed by atoms with Crippen LogP contribution >= 0.6 is 0 Å². The fraction of sp³-hybridized carbons (Fsp3) is 0.562. The molecule has 0 aliphatic heterocycles. The molecule has 0 aliphatic carbocycles. The van der Waals surface area contributed by atoms with Crippen LogP contribution in [0.5, 0.6) is 0 Å². The van der Waals surface area contributed by atoms with Gasteiger partial charge in [-0.1, -0.05) is 39.0 Å². The minimum atomic E-state index is -0.810. The lowest BCUT2D eigenvalue weighted by molar-refractivity contribution is -0.138. The Balaban J connectivity index is 2.76. The summed E-state index contributed by atoms with van der Waals surface area (Å²) >= 11 is 0. The summed E-state index contributed by atoms with van der Waals surface area (Å²) in [7, 11) is 0. The van der Waals surface area contributed by atoms with Crippen LogP contribution in [0.25, 0.3) is 0 Å². The van der Waals surface area contributed by atoms with Crippen molar-refractivity contribution in [2.45, 2.75) is 52.6 Å². The fourth-order valence-electron chi connectivity index (χ4n) is 2.43. The first-order valence-corrected chi connectivity index (χ1v) is 6.99. The van der Waals surface area contributed by atoms with Gasteiger partial charge in [0.15, 0.2) is 0 Å². The predicted molar refractivity (Wildman–Crippen MR) is 76.2 cm³/mol. The van der Waals surface area contributed by atoms with Crippen molar-refractivity contribution in [1.29, 1.82) is 0 Å². The van der Waals surface area contributed by atoms with Gasteiger partial charge in [0.1, 0.15) is 0 Å². The fourth-order valence-corrected chi connectivity index (χ4v) is 2.43. The molecule has 0 saturated heterocycles. The summed E-state index contributed by atoms with van der Waals surface area (Å²) in [5.41, 5.74) is 3.48. The van der Waals surface area contributed by atoms with Crippen LogP contribution in [0.15, 0.2) is 18.2 Å². The first-order valence-electron chi connectivity index (χ1n) is 6.99. The molecule has 0 amide bonds. The molecule has 2 unspecified atom stereocenters. The molecule has 1 aromatic rings. The third-order valence-electron chi connectivity index (χ3n) is 3.53. The Kier molecular flexibility index (Phi) is 6.03. The second-order valence-electron chi connectivity index (χ2n) is 5.19. The van der Waals surface area contributed by atoms with Gasteiger partial charge in [-0.15, -0.1) is 0 Å². The first kappa shape index (κ1) is 15.7. The molecule has 0 heterocycles. The lowest BCUT2D eigenvalue weighted by Crippen LogP contribution is -2.09. The molecule has 0 aromatic heterocycles. The minimum absolute atomic E-state index is 0.0246. The molecule has 0 spiro atoms. The number of aryl methyl sites for hydroxylation is 2. The van der Waals surface area contributed by atoms with Gasteiger partial charge in [-0.05, 0) is 41.9 Å². The molecule has 0 bridgehead atoms. The Morgan fingerprint density at radius 2 is 1.84 bits per heavy atom. The van der Waals surface area contributed by atoms with Crippen molar-refractivity contribution in [2.75, 3.05) is 0 Å². The number of hydrogen-bond acceptors (Lipinski definition) is 2. The highest BCUT2D eigenvalue weighted by Gasteiger charge is 2.15. The number of hydrogen-bond donors (Lipinski definition) is 2. The second-order valence-corrected chi connectivity index (χ2v) is 5.19. The van der Waals surface area contributed by atoms with E-state index >= 15 is 0 Å². The topological polar surface area (TPSA) is 57.5 Å². The lowest BCUT2D eigenvalue weighted by atomic mass is 9.92. The monoisotopic (exact) mass is 264 g/mol. The van der Waals surface area contributed by atoms with Crippen molar-refractivity contribution in [3.05, 3.63) is 34.9 Å². The van der Waals surface area contributed by atoms with Crippen LogP contribution in [-0.4, -0.2) is 16.2 Å². The Morgan fingerprint density at radius 3 is 2.37 bits per heavy atom. The second kappa shape index (κ2) is 7.29. The van der Waals surface area contributed by atoms with Crippen molar-refractivity contribution < 1.29 is 15.0 Å². The summed E-state index contributed by atoms with van der Waals surface area (Å²) in [5.74, 6) is -0.835. The molecular weight excluding hydrogens is 240 g/mol. The van der Waals surface area contributed by atoms with Gasteiger partial charge >= 0.3 is 5.97 Å². The average molecular weight is 264 g/mol. The van der Waals surface area contributed by atoms with Crippen LogP contribution < -0.4 is 0 Å². The molecule has 19 heavy (non-hydrogen) atoms. The molecule has 1 aromatic carbocycles. The molecule has 106 valence electrons. The zero-order valence-corrected chi connectivity index (χ0v) is 12.0. The van der Waals surface area contributed by atoms with Crippen molar-refractivity contribution in [2.24, 2.45) is 5.92 Å². The van der Waals surface area contributed by atoms with Gasteiger partial charge in [0.05, 0.1) is 6.10 Å². The van der Waals surface area contributed by atoms with Gasteiger partial charge in [-0.25, -0.2) is 0 Å². The Labute approximate surface area is 115 Å². The predicted octanol–water partition coefficient (Wildman–Crippen LogP) is 3.35. The number of carboxylic acids is 1. The molecule has 0 aliphatic rings. The Morgan fingerprint density at radius 1 is 1.21 bits per heavy atom. The average Bonchev–Trinajstić information content (AvgIpc) is 2.36. The van der Waals surface area contributed by atoms with Gasteiger partial charge in [-0.3, -0.25) is 4.79 Å². The summed E-state index contributed by atoms with van der Waals surface area (Å²) < 4.78 is 0. The Hall–Kier alpha value is -1.35. The van der Waals surface area contributed by atoms with E-state index in [0.717, 1.165) is 18.4 Å². The van der Waals surface area contributed by atoms with E-state index in [4.69, 9.17) is 5.11 Å². The van der Waals surface area contributed by atoms with E-state index in [1.807, 2.05) is 13.0 Å². The Bertz CT molecular complexity index is 426. The van der Waals surface area contributed by atoms with Crippen molar-refractivity contribution >= 4 is 5.97 Å². The van der Waals surface area contributed by atoms with Crippen LogP contribution in [0.3, 0.4) is 0 Å². The van der Waals surface area contributed by atoms with Crippen LogP contribution in [0, 0.1) is 5.92 Å². The van der Waals surface area contributed by atoms with E-state index in [0.29, 0.717) is 6.42 Å². The molecule has 1 rings (SSSR count). The lowest BCUT2D eigenvalue weighted by Gasteiger charge is -2.17. The van der Waals surface area contributed by atoms with E-state index in [9.17, 15) is 9.90 Å². The van der Waals surface area contributed by atoms with Gasteiger partial charge in [-0.2, -0.15) is 0 Å². The number of rotatable bonds is 7. The van der Waals surface area contributed by atoms with Crippen LogP contribution in [0.1, 0.15) is 56.4 Å². The molecule has 0 saturated carbocycles. The summed E-state index contributed by atoms with van der Waals surface area (Å²) in [6.45, 7) is 6.09. The zero-order valence-electron chi connectivity index (χ0n) is 12.0. The highest BCUT2D eigenvalue weighted by molar-refractivity contribution is 5.66. The molecule has 2 N–H and O–H groups in total. The molecule has 3 nitrogen and oxygen atoms in total. The minimum Gasteiger partial charge on any atom is -0.481 e. The third kappa shape index (κ3) is 4.67. The summed E-state index contributed by atoms with van der Waals surface area (Å²) in [5, 5.41) is 18.9. The normalized spacial score (nSPS) is 14.1. The highest BCUT2D eigenvalue weighted by Crippen LogP contribution is 2.25. The maximum Gasteiger partial charge on any atom is 0.303 e. The summed E-state index contributed by atoms with van der Waals surface area (Å²) in [4.78, 5) is 10.6. The summed E-state index contributed by atoms with van der Waals surface area (Å²) in [6, 6.07) is 6.08.